The van der Waals surface area contributed by atoms with Crippen LogP contribution in [0.3, 0.4) is 0 Å². The summed E-state index contributed by atoms with van der Waals surface area (Å²) in [4.78, 5) is 11.9. The van der Waals surface area contributed by atoms with Crippen molar-refractivity contribution in [2.24, 2.45) is 0 Å². The van der Waals surface area contributed by atoms with Crippen LogP contribution in [0.15, 0.2) is 42.5 Å². The Kier molecular flexibility index (Phi) is 6.44. The van der Waals surface area contributed by atoms with Crippen molar-refractivity contribution in [3.63, 3.8) is 0 Å². The number of benzene rings is 2. The number of aryl methyl sites for hydroxylation is 1. The largest absolute Gasteiger partial charge is 0.484 e. The van der Waals surface area contributed by atoms with E-state index in [4.69, 9.17) is 21.1 Å². The van der Waals surface area contributed by atoms with Gasteiger partial charge in [-0.2, -0.15) is 0 Å². The van der Waals surface area contributed by atoms with Crippen molar-refractivity contribution >= 4 is 17.5 Å². The predicted octanol–water partition coefficient (Wildman–Crippen LogP) is 3.49. The molecule has 0 radical (unpaired) electrons. The number of ether oxygens (including phenoxy) is 2. The molecule has 0 aliphatic rings. The highest BCUT2D eigenvalue weighted by Crippen LogP contribution is 2.21. The molecule has 2 aromatic carbocycles. The Morgan fingerprint density at radius 3 is 2.48 bits per heavy atom. The predicted molar refractivity (Wildman–Crippen MR) is 90.7 cm³/mol. The standard InChI is InChI=1S/C18H20ClNO3/c1-13-9-16(19)7-8-17(13)23-12-18(21)20-10-14-3-5-15(6-4-14)11-22-2/h3-9H,10-12H2,1-2H3,(H,20,21). The summed E-state index contributed by atoms with van der Waals surface area (Å²) in [6.45, 7) is 2.92. The first-order valence-corrected chi connectivity index (χ1v) is 7.68. The van der Waals surface area contributed by atoms with Gasteiger partial charge in [-0.3, -0.25) is 4.79 Å². The topological polar surface area (TPSA) is 47.6 Å². The Hall–Kier alpha value is -2.04. The summed E-state index contributed by atoms with van der Waals surface area (Å²) in [5.41, 5.74) is 3.03. The van der Waals surface area contributed by atoms with E-state index in [-0.39, 0.29) is 12.5 Å². The molecule has 122 valence electrons. The van der Waals surface area contributed by atoms with Gasteiger partial charge in [0.2, 0.25) is 0 Å². The maximum Gasteiger partial charge on any atom is 0.258 e. The normalized spacial score (nSPS) is 10.4. The summed E-state index contributed by atoms with van der Waals surface area (Å²) >= 11 is 5.89. The number of hydrogen-bond acceptors (Lipinski definition) is 3. The maximum absolute atomic E-state index is 11.9. The van der Waals surface area contributed by atoms with Gasteiger partial charge in [0.25, 0.3) is 5.91 Å². The molecule has 0 heterocycles. The van der Waals surface area contributed by atoms with Gasteiger partial charge in [0.1, 0.15) is 5.75 Å². The van der Waals surface area contributed by atoms with E-state index in [1.807, 2.05) is 31.2 Å². The highest BCUT2D eigenvalue weighted by molar-refractivity contribution is 6.30. The van der Waals surface area contributed by atoms with E-state index in [2.05, 4.69) is 5.32 Å². The fraction of sp³-hybridized carbons (Fsp3) is 0.278. The monoisotopic (exact) mass is 333 g/mol. The van der Waals surface area contributed by atoms with Crippen LogP contribution in [0.4, 0.5) is 0 Å². The molecule has 0 aliphatic heterocycles. The van der Waals surface area contributed by atoms with E-state index < -0.39 is 0 Å². The highest BCUT2D eigenvalue weighted by Gasteiger charge is 2.05. The number of carbonyl (C=O) groups is 1. The van der Waals surface area contributed by atoms with Crippen LogP contribution < -0.4 is 10.1 Å². The molecule has 2 aromatic rings. The second-order valence-electron chi connectivity index (χ2n) is 5.22. The van der Waals surface area contributed by atoms with Gasteiger partial charge in [-0.1, -0.05) is 35.9 Å². The molecule has 0 atom stereocenters. The van der Waals surface area contributed by atoms with Crippen molar-refractivity contribution < 1.29 is 14.3 Å². The number of nitrogens with one attached hydrogen (secondary N) is 1. The Labute approximate surface area is 141 Å². The number of carbonyl (C=O) groups excluding carboxylic acids is 1. The molecular weight excluding hydrogens is 314 g/mol. The molecule has 0 bridgehead atoms. The molecule has 0 aromatic heterocycles. The molecule has 0 fully saturated rings. The van der Waals surface area contributed by atoms with Gasteiger partial charge in [0, 0.05) is 18.7 Å². The third-order valence-electron chi connectivity index (χ3n) is 3.32. The Morgan fingerprint density at radius 2 is 1.83 bits per heavy atom. The second kappa shape index (κ2) is 8.56. The van der Waals surface area contributed by atoms with Crippen molar-refractivity contribution in [2.45, 2.75) is 20.1 Å². The highest BCUT2D eigenvalue weighted by atomic mass is 35.5. The Morgan fingerprint density at radius 1 is 1.13 bits per heavy atom. The maximum atomic E-state index is 11.9. The van der Waals surface area contributed by atoms with Crippen LogP contribution in [0.5, 0.6) is 5.75 Å². The number of halogens is 1. The molecule has 23 heavy (non-hydrogen) atoms. The van der Waals surface area contributed by atoms with Crippen LogP contribution in [0, 0.1) is 6.92 Å². The average molecular weight is 334 g/mol. The minimum Gasteiger partial charge on any atom is -0.484 e. The summed E-state index contributed by atoms with van der Waals surface area (Å²) in [6.07, 6.45) is 0. The number of hydrogen-bond donors (Lipinski definition) is 1. The van der Waals surface area contributed by atoms with Gasteiger partial charge in [-0.05, 0) is 41.8 Å². The molecule has 1 amide bonds. The minimum absolute atomic E-state index is 0.0236. The van der Waals surface area contributed by atoms with Gasteiger partial charge in [0.15, 0.2) is 6.61 Å². The zero-order valence-electron chi connectivity index (χ0n) is 13.3. The smallest absolute Gasteiger partial charge is 0.258 e. The van der Waals surface area contributed by atoms with Crippen LogP contribution in [-0.2, 0) is 22.7 Å². The van der Waals surface area contributed by atoms with Gasteiger partial charge >= 0.3 is 0 Å². The lowest BCUT2D eigenvalue weighted by molar-refractivity contribution is -0.123. The summed E-state index contributed by atoms with van der Waals surface area (Å²) in [5, 5.41) is 3.48. The summed E-state index contributed by atoms with van der Waals surface area (Å²) in [6, 6.07) is 13.2. The van der Waals surface area contributed by atoms with Crippen molar-refractivity contribution in [3.8, 4) is 5.75 Å². The fourth-order valence-electron chi connectivity index (χ4n) is 2.09. The lowest BCUT2D eigenvalue weighted by Crippen LogP contribution is -2.28. The van der Waals surface area contributed by atoms with E-state index in [0.29, 0.717) is 23.9 Å². The molecule has 0 aliphatic carbocycles. The van der Waals surface area contributed by atoms with E-state index >= 15 is 0 Å². The van der Waals surface area contributed by atoms with Crippen LogP contribution in [0.1, 0.15) is 16.7 Å². The van der Waals surface area contributed by atoms with Crippen molar-refractivity contribution in [1.29, 1.82) is 0 Å². The number of amides is 1. The summed E-state index contributed by atoms with van der Waals surface area (Å²) in [5.74, 6) is 0.494. The molecule has 4 nitrogen and oxygen atoms in total. The zero-order valence-corrected chi connectivity index (χ0v) is 14.0. The van der Waals surface area contributed by atoms with Gasteiger partial charge in [0.05, 0.1) is 6.61 Å². The van der Waals surface area contributed by atoms with Crippen LogP contribution in [-0.4, -0.2) is 19.6 Å². The average Bonchev–Trinajstić information content (AvgIpc) is 2.54. The number of rotatable bonds is 7. The molecule has 0 spiro atoms. The Bertz CT molecular complexity index is 656. The third-order valence-corrected chi connectivity index (χ3v) is 3.55. The molecule has 0 saturated carbocycles. The summed E-state index contributed by atoms with van der Waals surface area (Å²) < 4.78 is 10.6. The first-order chi connectivity index (χ1) is 11.1. The Balaban J connectivity index is 1.78. The quantitative estimate of drug-likeness (QED) is 0.843. The van der Waals surface area contributed by atoms with E-state index in [1.165, 1.54) is 0 Å². The molecule has 2 rings (SSSR count). The fourth-order valence-corrected chi connectivity index (χ4v) is 2.32. The van der Waals surface area contributed by atoms with Crippen molar-refractivity contribution in [2.75, 3.05) is 13.7 Å². The second-order valence-corrected chi connectivity index (χ2v) is 5.66. The lowest BCUT2D eigenvalue weighted by Gasteiger charge is -2.10. The molecule has 0 saturated heterocycles. The van der Waals surface area contributed by atoms with E-state index in [0.717, 1.165) is 16.7 Å². The molecule has 0 unspecified atom stereocenters. The van der Waals surface area contributed by atoms with Crippen molar-refractivity contribution in [3.05, 3.63) is 64.2 Å². The SMILES string of the molecule is COCc1ccc(CNC(=O)COc2ccc(Cl)cc2C)cc1. The third kappa shape index (κ3) is 5.58. The molecular formula is C18H20ClNO3. The number of methoxy groups -OCH3 is 1. The summed E-state index contributed by atoms with van der Waals surface area (Å²) in [7, 11) is 1.66. The van der Waals surface area contributed by atoms with Gasteiger partial charge < -0.3 is 14.8 Å². The van der Waals surface area contributed by atoms with Crippen LogP contribution in [0.2, 0.25) is 5.02 Å². The van der Waals surface area contributed by atoms with Crippen LogP contribution >= 0.6 is 11.6 Å². The van der Waals surface area contributed by atoms with Crippen molar-refractivity contribution in [1.82, 2.24) is 5.32 Å². The van der Waals surface area contributed by atoms with E-state index in [9.17, 15) is 4.79 Å². The van der Waals surface area contributed by atoms with Gasteiger partial charge in [-0.25, -0.2) is 0 Å². The van der Waals surface area contributed by atoms with E-state index in [1.54, 1.807) is 25.3 Å². The molecule has 5 heteroatoms. The molecule has 1 N–H and O–H groups in total. The first kappa shape index (κ1) is 17.3. The minimum atomic E-state index is -0.166. The van der Waals surface area contributed by atoms with Gasteiger partial charge in [-0.15, -0.1) is 0 Å². The lowest BCUT2D eigenvalue weighted by atomic mass is 10.1. The van der Waals surface area contributed by atoms with Crippen LogP contribution in [0.25, 0.3) is 0 Å². The first-order valence-electron chi connectivity index (χ1n) is 7.31. The zero-order chi connectivity index (χ0) is 16.7.